The highest BCUT2D eigenvalue weighted by Gasteiger charge is 2.28. The Labute approximate surface area is 130 Å². The summed E-state index contributed by atoms with van der Waals surface area (Å²) in [7, 11) is 0. The van der Waals surface area contributed by atoms with Crippen molar-refractivity contribution >= 4 is 0 Å². The highest BCUT2D eigenvalue weighted by molar-refractivity contribution is 5.11. The molecule has 0 aliphatic heterocycles. The van der Waals surface area contributed by atoms with Gasteiger partial charge in [-0.15, -0.1) is 0 Å². The lowest BCUT2D eigenvalue weighted by molar-refractivity contribution is 0.247. The van der Waals surface area contributed by atoms with E-state index in [1.54, 1.807) is 0 Å². The second-order valence-corrected chi connectivity index (χ2v) is 6.70. The van der Waals surface area contributed by atoms with E-state index in [9.17, 15) is 0 Å². The van der Waals surface area contributed by atoms with E-state index in [1.165, 1.54) is 43.6 Å². The Bertz CT molecular complexity index is 413. The van der Waals surface area contributed by atoms with Crippen LogP contribution >= 0.6 is 0 Å². The normalized spacial score (nSPS) is 15.1. The molecule has 3 nitrogen and oxygen atoms in total. The molecule has 0 amide bonds. The Hall–Kier alpha value is -0.930. The Morgan fingerprint density at radius 1 is 1.29 bits per heavy atom. The second-order valence-electron chi connectivity index (χ2n) is 6.70. The smallest absolute Gasteiger partial charge is 0.0547 e. The summed E-state index contributed by atoms with van der Waals surface area (Å²) in [5.41, 5.74) is 2.39. The van der Waals surface area contributed by atoms with Gasteiger partial charge in [0, 0.05) is 19.1 Å². The monoisotopic (exact) mass is 289 g/mol. The van der Waals surface area contributed by atoms with Crippen LogP contribution in [0.25, 0.3) is 0 Å². The average Bonchev–Trinajstić information content (AvgIpc) is 3.28. The van der Waals surface area contributed by atoms with Crippen molar-refractivity contribution in [1.29, 1.82) is 0 Å². The number of pyridine rings is 1. The van der Waals surface area contributed by atoms with Crippen LogP contribution in [-0.4, -0.2) is 29.0 Å². The number of nitrogens with zero attached hydrogens (tertiary/aromatic N) is 2. The fourth-order valence-electron chi connectivity index (χ4n) is 2.60. The molecule has 0 aromatic carbocycles. The third-order valence-electron chi connectivity index (χ3n) is 3.95. The minimum absolute atomic E-state index is 0.688. The molecule has 2 rings (SSSR count). The molecule has 0 radical (unpaired) electrons. The van der Waals surface area contributed by atoms with E-state index in [2.05, 4.69) is 49.2 Å². The van der Waals surface area contributed by atoms with E-state index in [-0.39, 0.29) is 0 Å². The van der Waals surface area contributed by atoms with Gasteiger partial charge >= 0.3 is 0 Å². The zero-order valence-corrected chi connectivity index (χ0v) is 13.9. The Morgan fingerprint density at radius 3 is 2.71 bits per heavy atom. The molecular formula is C18H31N3. The van der Waals surface area contributed by atoms with Gasteiger partial charge in [-0.25, -0.2) is 0 Å². The molecule has 1 saturated carbocycles. The number of aromatic nitrogens is 1. The maximum atomic E-state index is 4.82. The largest absolute Gasteiger partial charge is 0.311 e. The lowest BCUT2D eigenvalue weighted by Gasteiger charge is -2.21. The van der Waals surface area contributed by atoms with Gasteiger partial charge in [0.25, 0.3) is 0 Å². The van der Waals surface area contributed by atoms with E-state index < -0.39 is 0 Å². The number of nitrogens with one attached hydrogen (secondary N) is 1. The van der Waals surface area contributed by atoms with Crippen LogP contribution in [0.3, 0.4) is 0 Å². The minimum Gasteiger partial charge on any atom is -0.311 e. The van der Waals surface area contributed by atoms with Gasteiger partial charge in [-0.1, -0.05) is 33.3 Å². The molecule has 1 aliphatic carbocycles. The van der Waals surface area contributed by atoms with Gasteiger partial charge in [0.05, 0.1) is 11.4 Å². The summed E-state index contributed by atoms with van der Waals surface area (Å²) in [6.07, 6.45) is 5.32. The number of hydrogen-bond donors (Lipinski definition) is 1. The fourth-order valence-corrected chi connectivity index (χ4v) is 2.60. The first kappa shape index (κ1) is 16.4. The fraction of sp³-hybridized carbons (Fsp3) is 0.722. The average molecular weight is 289 g/mol. The van der Waals surface area contributed by atoms with Crippen LogP contribution in [0, 0.1) is 5.92 Å². The molecule has 1 N–H and O–H groups in total. The third kappa shape index (κ3) is 6.15. The van der Waals surface area contributed by atoms with Crippen LogP contribution in [0.4, 0.5) is 0 Å². The van der Waals surface area contributed by atoms with Crippen LogP contribution in [0.2, 0.25) is 0 Å². The molecule has 3 heteroatoms. The van der Waals surface area contributed by atoms with Crippen molar-refractivity contribution in [2.45, 2.75) is 65.6 Å². The van der Waals surface area contributed by atoms with Crippen molar-refractivity contribution in [2.75, 3.05) is 13.1 Å². The SMILES string of the molecule is CCCCN(Cc1cccc(CNCC(C)C)n1)C1CC1. The molecule has 1 aromatic rings. The molecule has 21 heavy (non-hydrogen) atoms. The van der Waals surface area contributed by atoms with E-state index in [4.69, 9.17) is 4.98 Å². The first-order valence-corrected chi connectivity index (χ1v) is 8.58. The number of hydrogen-bond acceptors (Lipinski definition) is 3. The standard InChI is InChI=1S/C18H31N3/c1-4-5-11-21(18-9-10-18)14-17-8-6-7-16(20-17)13-19-12-15(2)3/h6-8,15,18-19H,4-5,9-14H2,1-3H3. The van der Waals surface area contributed by atoms with Crippen LogP contribution in [0.5, 0.6) is 0 Å². The minimum atomic E-state index is 0.688. The zero-order valence-electron chi connectivity index (χ0n) is 13.9. The zero-order chi connectivity index (χ0) is 15.1. The molecule has 1 aliphatic rings. The van der Waals surface area contributed by atoms with Gasteiger partial charge in [-0.3, -0.25) is 9.88 Å². The predicted octanol–water partition coefficient (Wildman–Crippen LogP) is 3.59. The third-order valence-corrected chi connectivity index (χ3v) is 3.95. The molecular weight excluding hydrogens is 258 g/mol. The summed E-state index contributed by atoms with van der Waals surface area (Å²) in [4.78, 5) is 7.45. The first-order valence-electron chi connectivity index (χ1n) is 8.58. The van der Waals surface area contributed by atoms with Gasteiger partial charge in [0.2, 0.25) is 0 Å². The predicted molar refractivity (Wildman–Crippen MR) is 89.1 cm³/mol. The van der Waals surface area contributed by atoms with E-state index in [0.29, 0.717) is 5.92 Å². The Morgan fingerprint density at radius 2 is 2.05 bits per heavy atom. The van der Waals surface area contributed by atoms with Gasteiger partial charge in [0.1, 0.15) is 0 Å². The molecule has 0 bridgehead atoms. The van der Waals surface area contributed by atoms with Gasteiger partial charge < -0.3 is 5.32 Å². The summed E-state index contributed by atoms with van der Waals surface area (Å²) >= 11 is 0. The highest BCUT2D eigenvalue weighted by Crippen LogP contribution is 2.28. The summed E-state index contributed by atoms with van der Waals surface area (Å²) in [5, 5.41) is 3.47. The van der Waals surface area contributed by atoms with E-state index >= 15 is 0 Å². The molecule has 0 saturated heterocycles. The summed E-state index contributed by atoms with van der Waals surface area (Å²) in [5.74, 6) is 0.688. The van der Waals surface area contributed by atoms with Crippen molar-refractivity contribution in [2.24, 2.45) is 5.92 Å². The Kier molecular flexibility index (Phi) is 6.65. The van der Waals surface area contributed by atoms with Gasteiger partial charge in [-0.05, 0) is 50.4 Å². The molecule has 1 aromatic heterocycles. The molecule has 0 atom stereocenters. The van der Waals surface area contributed by atoms with Crippen LogP contribution < -0.4 is 5.32 Å². The molecule has 0 unspecified atom stereocenters. The highest BCUT2D eigenvalue weighted by atomic mass is 15.2. The lowest BCUT2D eigenvalue weighted by Crippen LogP contribution is -2.27. The van der Waals surface area contributed by atoms with Crippen molar-refractivity contribution in [3.8, 4) is 0 Å². The number of rotatable bonds is 10. The van der Waals surface area contributed by atoms with Gasteiger partial charge in [0.15, 0.2) is 0 Å². The van der Waals surface area contributed by atoms with Crippen LogP contribution in [-0.2, 0) is 13.1 Å². The van der Waals surface area contributed by atoms with Crippen LogP contribution in [0.15, 0.2) is 18.2 Å². The van der Waals surface area contributed by atoms with Crippen molar-refractivity contribution < 1.29 is 0 Å². The number of unbranched alkanes of at least 4 members (excludes halogenated alkanes) is 1. The van der Waals surface area contributed by atoms with Crippen LogP contribution in [0.1, 0.15) is 57.8 Å². The quantitative estimate of drug-likeness (QED) is 0.713. The second kappa shape index (κ2) is 8.50. The molecule has 118 valence electrons. The molecule has 1 fully saturated rings. The van der Waals surface area contributed by atoms with E-state index in [1.807, 2.05) is 0 Å². The van der Waals surface area contributed by atoms with E-state index in [0.717, 1.165) is 25.7 Å². The topological polar surface area (TPSA) is 28.2 Å². The maximum Gasteiger partial charge on any atom is 0.0547 e. The Balaban J connectivity index is 1.86. The first-order chi connectivity index (χ1) is 10.2. The van der Waals surface area contributed by atoms with Crippen molar-refractivity contribution in [3.63, 3.8) is 0 Å². The summed E-state index contributed by atoms with van der Waals surface area (Å²) in [6, 6.07) is 7.28. The summed E-state index contributed by atoms with van der Waals surface area (Å²) in [6.45, 7) is 10.9. The molecule has 0 spiro atoms. The van der Waals surface area contributed by atoms with Crippen molar-refractivity contribution in [1.82, 2.24) is 15.2 Å². The lowest BCUT2D eigenvalue weighted by atomic mass is 10.2. The van der Waals surface area contributed by atoms with Gasteiger partial charge in [-0.2, -0.15) is 0 Å². The molecule has 1 heterocycles. The van der Waals surface area contributed by atoms with Crippen molar-refractivity contribution in [3.05, 3.63) is 29.6 Å². The maximum absolute atomic E-state index is 4.82. The summed E-state index contributed by atoms with van der Waals surface area (Å²) < 4.78 is 0.